The maximum atomic E-state index is 6.75. The average Bonchev–Trinajstić information content (AvgIpc) is 3.37. The Hall–Kier alpha value is -5.72. The molecule has 0 saturated carbocycles. The predicted octanol–water partition coefficient (Wildman–Crippen LogP) is 17.9. The Balaban J connectivity index is 1.19. The molecule has 6 aromatic carbocycles. The van der Waals surface area contributed by atoms with E-state index >= 15 is 0 Å². The van der Waals surface area contributed by atoms with Crippen LogP contribution in [-0.2, 0) is 5.41 Å². The highest BCUT2D eigenvalue weighted by atomic mass is 16.5. The van der Waals surface area contributed by atoms with E-state index in [0.29, 0.717) is 0 Å². The molecule has 0 aliphatic rings. The summed E-state index contributed by atoms with van der Waals surface area (Å²) in [5, 5.41) is 0. The van der Waals surface area contributed by atoms with Gasteiger partial charge in [-0.25, -0.2) is 0 Å². The van der Waals surface area contributed by atoms with Crippen molar-refractivity contribution >= 4 is 0 Å². The van der Waals surface area contributed by atoms with E-state index < -0.39 is 5.41 Å². The Morgan fingerprint density at radius 2 is 0.515 bits per heavy atom. The molecule has 6 rings (SSSR count). The van der Waals surface area contributed by atoms with E-state index in [1.165, 1.54) is 96.3 Å². The summed E-state index contributed by atoms with van der Waals surface area (Å²) in [6.07, 6.45) is 29.3. The normalized spacial score (nSPS) is 11.3. The molecule has 0 aromatic heterocycles. The van der Waals surface area contributed by atoms with E-state index in [2.05, 4.69) is 172 Å². The summed E-state index contributed by atoms with van der Waals surface area (Å²) in [7, 11) is 0. The largest absolute Gasteiger partial charge is 0.494 e. The minimum atomic E-state index is -0.827. The van der Waals surface area contributed by atoms with Crippen molar-refractivity contribution in [3.63, 3.8) is 0 Å². The maximum Gasteiger partial charge on any atom is 0.119 e. The summed E-state index contributed by atoms with van der Waals surface area (Å²) >= 11 is 0. The molecular weight excluding hydrogens is 805 g/mol. The van der Waals surface area contributed by atoms with Crippen molar-refractivity contribution in [3.8, 4) is 63.0 Å². The smallest absolute Gasteiger partial charge is 0.119 e. The van der Waals surface area contributed by atoms with Crippen LogP contribution in [0, 0.1) is 12.3 Å². The quantitative estimate of drug-likeness (QED) is 0.0256. The fourth-order valence-electron chi connectivity index (χ4n) is 8.94. The molecule has 0 radical (unpaired) electrons. The van der Waals surface area contributed by atoms with Gasteiger partial charge in [-0.1, -0.05) is 232 Å². The zero-order valence-electron chi connectivity index (χ0n) is 40.5. The van der Waals surface area contributed by atoms with Crippen LogP contribution in [0.3, 0.4) is 0 Å². The third-order valence-electron chi connectivity index (χ3n) is 13.0. The van der Waals surface area contributed by atoms with E-state index in [0.717, 1.165) is 106 Å². The third-order valence-corrected chi connectivity index (χ3v) is 13.0. The number of hydrogen-bond donors (Lipinski definition) is 0. The van der Waals surface area contributed by atoms with Crippen LogP contribution >= 0.6 is 0 Å². The van der Waals surface area contributed by atoms with Crippen LogP contribution in [0.15, 0.2) is 146 Å². The van der Waals surface area contributed by atoms with Gasteiger partial charge in [0.15, 0.2) is 0 Å². The van der Waals surface area contributed by atoms with Gasteiger partial charge in [0.1, 0.15) is 22.7 Å². The van der Waals surface area contributed by atoms with Gasteiger partial charge in [0.05, 0.1) is 19.8 Å². The molecule has 66 heavy (non-hydrogen) atoms. The first kappa shape index (κ1) is 49.7. The van der Waals surface area contributed by atoms with Crippen LogP contribution in [0.5, 0.6) is 17.2 Å². The lowest BCUT2D eigenvalue weighted by Gasteiger charge is -2.31. The van der Waals surface area contributed by atoms with E-state index in [-0.39, 0.29) is 0 Å². The minimum absolute atomic E-state index is 0.761. The maximum absolute atomic E-state index is 6.75. The fourth-order valence-corrected chi connectivity index (χ4v) is 8.94. The van der Waals surface area contributed by atoms with Gasteiger partial charge in [0, 0.05) is 0 Å². The molecule has 0 heterocycles. The average molecular weight is 881 g/mol. The van der Waals surface area contributed by atoms with Gasteiger partial charge < -0.3 is 14.2 Å². The van der Waals surface area contributed by atoms with Gasteiger partial charge in [-0.2, -0.15) is 0 Å². The summed E-state index contributed by atoms with van der Waals surface area (Å²) in [4.78, 5) is 0. The van der Waals surface area contributed by atoms with Gasteiger partial charge >= 0.3 is 0 Å². The molecule has 0 fully saturated rings. The first-order chi connectivity index (χ1) is 32.6. The first-order valence-corrected chi connectivity index (χ1v) is 25.6. The van der Waals surface area contributed by atoms with Gasteiger partial charge in [0.2, 0.25) is 0 Å². The number of hydrogen-bond acceptors (Lipinski definition) is 3. The molecular formula is C63H76O3. The van der Waals surface area contributed by atoms with Crippen LogP contribution in [0.4, 0.5) is 0 Å². The lowest BCUT2D eigenvalue weighted by Crippen LogP contribution is -2.27. The van der Waals surface area contributed by atoms with Gasteiger partial charge in [0.25, 0.3) is 0 Å². The number of unbranched alkanes of at least 4 members (excludes halogenated alkanes) is 15. The van der Waals surface area contributed by atoms with E-state index in [1.54, 1.807) is 0 Å². The van der Waals surface area contributed by atoms with E-state index in [1.807, 2.05) is 0 Å². The Morgan fingerprint density at radius 1 is 0.303 bits per heavy atom. The van der Waals surface area contributed by atoms with Crippen molar-refractivity contribution < 1.29 is 14.2 Å². The third kappa shape index (κ3) is 14.6. The van der Waals surface area contributed by atoms with Gasteiger partial charge in [-0.3, -0.25) is 0 Å². The molecule has 0 spiro atoms. The molecule has 0 atom stereocenters. The van der Waals surface area contributed by atoms with E-state index in [4.69, 9.17) is 20.6 Å². The van der Waals surface area contributed by atoms with Crippen LogP contribution in [0.25, 0.3) is 33.4 Å². The Kier molecular flexibility index (Phi) is 20.9. The van der Waals surface area contributed by atoms with Crippen molar-refractivity contribution in [2.24, 2.45) is 0 Å². The summed E-state index contributed by atoms with van der Waals surface area (Å²) in [6.45, 7) is 9.06. The molecule has 0 saturated heterocycles. The molecule has 0 unspecified atom stereocenters. The lowest BCUT2D eigenvalue weighted by molar-refractivity contribution is 0.304. The molecule has 3 heteroatoms. The van der Waals surface area contributed by atoms with Crippen molar-refractivity contribution in [2.45, 2.75) is 142 Å². The van der Waals surface area contributed by atoms with Crippen LogP contribution in [0.2, 0.25) is 0 Å². The summed E-state index contributed by atoms with van der Waals surface area (Å²) in [5.41, 5.74) is 9.16. The second-order valence-electron chi connectivity index (χ2n) is 18.0. The Labute approximate surface area is 399 Å². The van der Waals surface area contributed by atoms with Crippen LogP contribution in [0.1, 0.15) is 153 Å². The van der Waals surface area contributed by atoms with Crippen molar-refractivity contribution in [1.82, 2.24) is 0 Å². The number of benzene rings is 6. The summed E-state index contributed by atoms with van der Waals surface area (Å²) in [5.74, 6) is 6.09. The summed E-state index contributed by atoms with van der Waals surface area (Å²) in [6, 6.07) is 51.8. The second kappa shape index (κ2) is 27.7. The number of ether oxygens (including phenoxy) is 3. The Morgan fingerprint density at radius 3 is 0.742 bits per heavy atom. The SMILES string of the molecule is C#CC(c1ccc(-c2ccc(OCCCCCCCC)cc2)cc1)(c1ccc(-c2ccc(OCCCCCCCC)cc2)cc1)c1ccc(-c2ccc(OCCCCCCCC)cc2)cc1. The van der Waals surface area contributed by atoms with Crippen molar-refractivity contribution in [3.05, 3.63) is 162 Å². The molecule has 3 nitrogen and oxygen atoms in total. The summed E-state index contributed by atoms with van der Waals surface area (Å²) < 4.78 is 18.3. The molecule has 0 aliphatic heterocycles. The minimum Gasteiger partial charge on any atom is -0.494 e. The lowest BCUT2D eigenvalue weighted by atomic mass is 9.69. The zero-order valence-corrected chi connectivity index (χ0v) is 40.5. The second-order valence-corrected chi connectivity index (χ2v) is 18.0. The highest BCUT2D eigenvalue weighted by Gasteiger charge is 2.35. The highest BCUT2D eigenvalue weighted by molar-refractivity contribution is 5.71. The molecule has 6 aromatic rings. The number of terminal acetylenes is 1. The fraction of sp³-hybridized carbons (Fsp3) is 0.397. The number of rotatable bonds is 30. The standard InChI is InChI=1S/C63H76O3/c1-5-9-12-15-18-21-48-64-60-42-30-54(31-43-60)51-24-36-57(37-25-51)63(8-4,58-38-26-52(27-39-58)55-32-44-61(45-33-55)65-49-22-19-16-13-10-6-2)59-40-28-53(29-41-59)56-34-46-62(47-35-56)66-50-23-20-17-14-11-7-3/h4,24-47H,5-7,9-23,48-50H2,1-3H3. The van der Waals surface area contributed by atoms with Gasteiger partial charge in [-0.05, 0) is 106 Å². The van der Waals surface area contributed by atoms with Gasteiger partial charge in [-0.15, -0.1) is 6.42 Å². The molecule has 0 bridgehead atoms. The topological polar surface area (TPSA) is 27.7 Å². The van der Waals surface area contributed by atoms with Crippen LogP contribution < -0.4 is 14.2 Å². The van der Waals surface area contributed by atoms with Crippen molar-refractivity contribution in [2.75, 3.05) is 19.8 Å². The highest BCUT2D eigenvalue weighted by Crippen LogP contribution is 2.41. The molecule has 0 aliphatic carbocycles. The Bertz CT molecular complexity index is 2010. The zero-order chi connectivity index (χ0) is 46.1. The van der Waals surface area contributed by atoms with Crippen molar-refractivity contribution in [1.29, 1.82) is 0 Å². The molecule has 0 N–H and O–H groups in total. The monoisotopic (exact) mass is 881 g/mol. The first-order valence-electron chi connectivity index (χ1n) is 25.6. The molecule has 0 amide bonds. The molecule has 346 valence electrons. The van der Waals surface area contributed by atoms with E-state index in [9.17, 15) is 0 Å². The predicted molar refractivity (Wildman–Crippen MR) is 281 cm³/mol. The van der Waals surface area contributed by atoms with Crippen LogP contribution in [-0.4, -0.2) is 19.8 Å².